The number of esters is 1. The number of fused-ring (bicyclic) bond motifs is 1. The van der Waals surface area contributed by atoms with Crippen molar-refractivity contribution in [3.05, 3.63) is 168 Å². The number of hydroxylamine groups is 1. The molecule has 0 bridgehead atoms. The van der Waals surface area contributed by atoms with E-state index in [1.807, 2.05) is 130 Å². The van der Waals surface area contributed by atoms with Crippen LogP contribution in [0.4, 0.5) is 22.0 Å². The molecule has 2 aliphatic heterocycles. The molecule has 82 heavy (non-hydrogen) atoms. The van der Waals surface area contributed by atoms with Crippen LogP contribution in [-0.4, -0.2) is 107 Å². The number of para-hydroxylation sites is 2. The van der Waals surface area contributed by atoms with Gasteiger partial charge in [0.25, 0.3) is 20.2 Å². The second kappa shape index (κ2) is 27.0. The maximum absolute atomic E-state index is 15.1. The van der Waals surface area contributed by atoms with Crippen molar-refractivity contribution in [2.24, 2.45) is 16.6 Å². The largest absolute Gasteiger partial charge is 0.497 e. The molecule has 0 aliphatic carbocycles. The Morgan fingerprint density at radius 3 is 1.85 bits per heavy atom. The van der Waals surface area contributed by atoms with Gasteiger partial charge in [-0.15, -0.1) is 0 Å². The Kier molecular flexibility index (Phi) is 19.9. The summed E-state index contributed by atoms with van der Waals surface area (Å²) in [6, 6.07) is 43.7. The molecule has 1 aromatic heterocycles. The summed E-state index contributed by atoms with van der Waals surface area (Å²) in [6.45, 7) is 12.5. The zero-order chi connectivity index (χ0) is 58.7. The van der Waals surface area contributed by atoms with Crippen molar-refractivity contribution in [2.45, 2.75) is 116 Å². The van der Waals surface area contributed by atoms with Crippen LogP contribution in [0.3, 0.4) is 0 Å². The predicted octanol–water partition coefficient (Wildman–Crippen LogP) is 10.5. The Labute approximate surface area is 479 Å². The summed E-state index contributed by atoms with van der Waals surface area (Å²) in [5.74, 6) is -4.10. The summed E-state index contributed by atoms with van der Waals surface area (Å²) in [5, 5.41) is 23.4. The molecule has 432 valence electrons. The molecule has 1 amide bonds. The highest BCUT2D eigenvalue weighted by atomic mass is 31.2. The van der Waals surface area contributed by atoms with Crippen molar-refractivity contribution < 1.29 is 57.1 Å². The molecule has 1 fully saturated rings. The maximum atomic E-state index is 15.1. The van der Waals surface area contributed by atoms with Gasteiger partial charge in [-0.05, 0) is 99.3 Å². The Bertz CT molecular complexity index is 3070. The molecule has 6 atom stereocenters. The number of hydrogen-bond acceptors (Lipinski definition) is 18. The highest BCUT2D eigenvalue weighted by Gasteiger charge is 2.56. The van der Waals surface area contributed by atoms with Crippen LogP contribution in [0, 0.1) is 17.2 Å². The fourth-order valence-corrected chi connectivity index (χ4v) is 11.6. The number of nitrogens with zero attached hydrogens (tertiary/aromatic N) is 7. The van der Waals surface area contributed by atoms with Gasteiger partial charge < -0.3 is 38.1 Å². The Morgan fingerprint density at radius 2 is 1.35 bits per heavy atom. The number of aromatic nitrogens is 2. The highest BCUT2D eigenvalue weighted by Crippen LogP contribution is 2.52. The van der Waals surface area contributed by atoms with Gasteiger partial charge in [-0.3, -0.25) is 19.9 Å². The molecule has 3 N–H and O–H groups in total. The number of methoxy groups -OCH3 is 2. The lowest BCUT2D eigenvalue weighted by Crippen LogP contribution is -2.64. The number of rotatable bonds is 24. The van der Waals surface area contributed by atoms with Gasteiger partial charge >= 0.3 is 12.1 Å². The molecule has 8 rings (SSSR count). The van der Waals surface area contributed by atoms with Gasteiger partial charge in [0, 0.05) is 24.4 Å². The number of hydrogen-bond donors (Lipinski definition) is 2. The first kappa shape index (κ1) is 60.5. The number of nitrogens with two attached hydrogens (primary N) is 1. The first-order chi connectivity index (χ1) is 39.5. The van der Waals surface area contributed by atoms with Crippen LogP contribution >= 0.6 is 8.53 Å². The average Bonchev–Trinajstić information content (AvgIpc) is 4.26. The zero-order valence-electron chi connectivity index (χ0n) is 47.5. The first-order valence-corrected chi connectivity index (χ1v) is 28.3. The molecule has 0 saturated carbocycles. The van der Waals surface area contributed by atoms with Crippen molar-refractivity contribution in [2.75, 3.05) is 37.4 Å². The van der Waals surface area contributed by atoms with E-state index in [9.17, 15) is 20.0 Å². The molecule has 0 radical (unpaired) electrons. The summed E-state index contributed by atoms with van der Waals surface area (Å²) in [7, 11) is 0.890. The van der Waals surface area contributed by atoms with E-state index in [2.05, 4.69) is 6.07 Å². The molecule has 5 aromatic carbocycles. The van der Waals surface area contributed by atoms with E-state index in [1.165, 1.54) is 15.8 Å². The Hall–Kier alpha value is -7.57. The SMILES string of the molecule is CCCC(=O)O[C@@H]1[C@H](O)[C@@H](COC(c2ccccc2)(c2ccc(OC)cc2)c2ccc(OC)cc2)O[C@H]1n1cnc2c1N(OP(OCCC#N)N(C(C)C)C(C)C)C(N)(C(=O)C(C)C)N=C2OC(=O)N(c1ccccc1)c1ccccc1. The Morgan fingerprint density at radius 1 is 0.817 bits per heavy atom. The smallest absolute Gasteiger partial charge is 0.425 e. The minimum Gasteiger partial charge on any atom is -0.497 e. The molecule has 2 aliphatic rings. The molecule has 2 unspecified atom stereocenters. The molecular formula is C61H71N8O12P. The van der Waals surface area contributed by atoms with E-state index in [0.717, 1.165) is 10.6 Å². The van der Waals surface area contributed by atoms with Crippen molar-refractivity contribution >= 4 is 49.5 Å². The van der Waals surface area contributed by atoms with Gasteiger partial charge in [0.15, 0.2) is 23.8 Å². The number of anilines is 3. The number of carbonyl (C=O) groups excluding carboxylic acids is 3. The number of aliphatic hydroxyl groups is 1. The van der Waals surface area contributed by atoms with E-state index in [-0.39, 0.29) is 49.7 Å². The third-order valence-corrected chi connectivity index (χ3v) is 15.8. The van der Waals surface area contributed by atoms with Crippen molar-refractivity contribution in [1.29, 1.82) is 5.26 Å². The van der Waals surface area contributed by atoms with Crippen LogP contribution in [0.1, 0.15) is 96.3 Å². The minimum atomic E-state index is -2.56. The van der Waals surface area contributed by atoms with Crippen molar-refractivity contribution in [1.82, 2.24) is 14.2 Å². The summed E-state index contributed by atoms with van der Waals surface area (Å²) >= 11 is 0. The van der Waals surface area contributed by atoms with Crippen LogP contribution in [0.15, 0.2) is 151 Å². The first-order valence-electron chi connectivity index (χ1n) is 27.2. The second-order valence-corrected chi connectivity index (χ2v) is 21.7. The van der Waals surface area contributed by atoms with E-state index < -0.39 is 74.1 Å². The number of imidazole rings is 1. The molecule has 3 heterocycles. The molecule has 6 aromatic rings. The number of ether oxygens (including phenoxy) is 6. The summed E-state index contributed by atoms with van der Waals surface area (Å²) in [5.41, 5.74) is 8.91. The summed E-state index contributed by atoms with van der Waals surface area (Å²) < 4.78 is 54.6. The van der Waals surface area contributed by atoms with Crippen LogP contribution in [-0.2, 0) is 43.3 Å². The number of Topliss-reactive ketones (excluding diaryl/α,β-unsaturated/α-hetero) is 1. The quantitative estimate of drug-likeness (QED) is 0.0248. The fraction of sp³-hybridized carbons (Fsp3) is 0.377. The van der Waals surface area contributed by atoms with E-state index >= 15 is 4.79 Å². The van der Waals surface area contributed by atoms with Crippen LogP contribution in [0.5, 0.6) is 11.5 Å². The second-order valence-electron chi connectivity index (χ2n) is 20.4. The molecular weight excluding hydrogens is 1070 g/mol. The van der Waals surface area contributed by atoms with Gasteiger partial charge in [-0.25, -0.2) is 19.3 Å². The lowest BCUT2D eigenvalue weighted by Gasteiger charge is -2.44. The predicted molar refractivity (Wildman–Crippen MR) is 309 cm³/mol. The number of aliphatic imine (C=N–C) groups is 1. The van der Waals surface area contributed by atoms with Gasteiger partial charge in [0.1, 0.15) is 29.3 Å². The van der Waals surface area contributed by atoms with Crippen LogP contribution < -0.4 is 25.2 Å². The monoisotopic (exact) mass is 1140 g/mol. The van der Waals surface area contributed by atoms with Crippen LogP contribution in [0.25, 0.3) is 0 Å². The lowest BCUT2D eigenvalue weighted by atomic mass is 9.80. The molecule has 20 nitrogen and oxygen atoms in total. The third-order valence-electron chi connectivity index (χ3n) is 13.8. The number of benzene rings is 5. The number of ketones is 1. The van der Waals surface area contributed by atoms with E-state index in [0.29, 0.717) is 40.4 Å². The molecule has 21 heteroatoms. The van der Waals surface area contributed by atoms with Gasteiger partial charge in [0.2, 0.25) is 5.78 Å². The van der Waals surface area contributed by atoms with Gasteiger partial charge in [0.05, 0.1) is 57.6 Å². The van der Waals surface area contributed by atoms with Gasteiger partial charge in [-0.2, -0.15) is 19.9 Å². The third kappa shape index (κ3) is 12.7. The topological polar surface area (TPSA) is 235 Å². The number of aliphatic hydroxyl groups excluding tert-OH is 1. The molecule has 0 spiro atoms. The fourth-order valence-electron chi connectivity index (χ4n) is 9.95. The van der Waals surface area contributed by atoms with Gasteiger partial charge in [-0.1, -0.05) is 112 Å². The standard InChI is InChI=1S/C61H71N8O12P/c1-10-21-51(70)79-54-53(71)50(38-76-60(43-22-14-11-15-23-43,44-28-32-48(74-8)33-29-44)45-30-34-49(75-9)35-31-45)78-58(54)66-39-64-52-56(80-59(73)67(46-24-16-12-17-25-46)47-26-18-13-19-27-47)65-61(63,55(72)40(2)3)69(57(52)66)81-82(77-37-20-36-62)68(41(4)5)42(6)7/h11-19,22-35,39-42,50,53-54,58,71H,10,20-21,37-38,63H2,1-9H3/t50-,53-,54-,58-,61?,82?/m1/s1. The van der Waals surface area contributed by atoms with Crippen molar-refractivity contribution in [3.8, 4) is 17.6 Å². The Balaban J connectivity index is 1.31. The summed E-state index contributed by atoms with van der Waals surface area (Å²) in [4.78, 5) is 54.7. The number of amides is 1. The maximum Gasteiger partial charge on any atom is 0.425 e. The number of nitriles is 1. The van der Waals surface area contributed by atoms with Crippen molar-refractivity contribution in [3.63, 3.8) is 0 Å². The van der Waals surface area contributed by atoms with E-state index in [4.69, 9.17) is 53.3 Å². The molecule has 1 saturated heterocycles. The zero-order valence-corrected chi connectivity index (χ0v) is 48.4. The lowest BCUT2D eigenvalue weighted by molar-refractivity contribution is -0.158. The minimum absolute atomic E-state index is 0.00373. The highest BCUT2D eigenvalue weighted by molar-refractivity contribution is 7.44. The average molecular weight is 1140 g/mol. The number of carbonyl (C=O) groups is 3. The van der Waals surface area contributed by atoms with E-state index in [1.54, 1.807) is 76.6 Å². The van der Waals surface area contributed by atoms with Crippen LogP contribution in [0.2, 0.25) is 0 Å². The normalized spacial score (nSPS) is 19.1. The summed E-state index contributed by atoms with van der Waals surface area (Å²) in [6.07, 6.45) is -5.01.